The smallest absolute Gasteiger partial charge is 0.410 e. The van der Waals surface area contributed by atoms with E-state index in [4.69, 9.17) is 9.47 Å². The molecule has 9 heteroatoms. The molecule has 1 aliphatic rings. The van der Waals surface area contributed by atoms with E-state index < -0.39 is 17.4 Å². The summed E-state index contributed by atoms with van der Waals surface area (Å²) in [5.74, 6) is -0.623. The summed E-state index contributed by atoms with van der Waals surface area (Å²) < 4.78 is 24.3. The number of aromatic nitrogens is 2. The lowest BCUT2D eigenvalue weighted by atomic mass is 10.0. The van der Waals surface area contributed by atoms with Gasteiger partial charge in [0.05, 0.1) is 29.6 Å². The fraction of sp³-hybridized carbons (Fsp3) is 0.409. The van der Waals surface area contributed by atoms with Gasteiger partial charge >= 0.3 is 12.1 Å². The van der Waals surface area contributed by atoms with E-state index in [1.54, 1.807) is 16.2 Å². The molecule has 4 rings (SSSR count). The highest BCUT2D eigenvalue weighted by molar-refractivity contribution is 7.15. The van der Waals surface area contributed by atoms with Crippen LogP contribution in [0.5, 0.6) is 0 Å². The topological polar surface area (TPSA) is 84.5 Å². The number of imidazole rings is 1. The summed E-state index contributed by atoms with van der Waals surface area (Å²) >= 11 is 1.54. The third kappa shape index (κ3) is 4.01. The number of nitrogens with zero attached hydrogens (tertiary/aromatic N) is 2. The Labute approximate surface area is 183 Å². The number of esters is 1. The molecule has 0 unspecified atom stereocenters. The average molecular weight is 446 g/mol. The zero-order valence-corrected chi connectivity index (χ0v) is 18.9. The first-order chi connectivity index (χ1) is 14.6. The van der Waals surface area contributed by atoms with Crippen molar-refractivity contribution in [2.45, 2.75) is 46.3 Å². The number of carbonyl (C=O) groups is 2. The number of hydrogen-bond acceptors (Lipinski definition) is 6. The van der Waals surface area contributed by atoms with Crippen molar-refractivity contribution in [1.82, 2.24) is 14.9 Å². The van der Waals surface area contributed by atoms with Crippen molar-refractivity contribution in [3.8, 4) is 10.7 Å². The Morgan fingerprint density at radius 1 is 1.29 bits per heavy atom. The average Bonchev–Trinajstić information content (AvgIpc) is 3.26. The minimum Gasteiger partial charge on any atom is -0.465 e. The predicted octanol–water partition coefficient (Wildman–Crippen LogP) is 4.82. The van der Waals surface area contributed by atoms with Crippen molar-refractivity contribution in [3.63, 3.8) is 0 Å². The maximum atomic E-state index is 14.0. The molecule has 7 nitrogen and oxygen atoms in total. The monoisotopic (exact) mass is 445 g/mol. The Bertz CT molecular complexity index is 1190. The van der Waals surface area contributed by atoms with Crippen molar-refractivity contribution in [3.05, 3.63) is 39.5 Å². The molecule has 1 aromatic carbocycles. The molecule has 164 valence electrons. The second-order valence-corrected chi connectivity index (χ2v) is 9.64. The number of benzene rings is 1. The van der Waals surface area contributed by atoms with Crippen LogP contribution in [-0.2, 0) is 22.4 Å². The van der Waals surface area contributed by atoms with Crippen LogP contribution in [0.25, 0.3) is 21.7 Å². The quantitative estimate of drug-likeness (QED) is 0.572. The van der Waals surface area contributed by atoms with Gasteiger partial charge in [0.25, 0.3) is 0 Å². The fourth-order valence-corrected chi connectivity index (χ4v) is 5.04. The first-order valence-electron chi connectivity index (χ1n) is 9.94. The Morgan fingerprint density at radius 3 is 2.71 bits per heavy atom. The van der Waals surface area contributed by atoms with E-state index in [0.29, 0.717) is 29.9 Å². The standard InChI is InChI=1S/C22H24FN3O4S/c1-11-13-6-7-26(21(28)30-22(2,3)4)10-16(13)31-18(11)19-24-15-9-12(23)8-14(17(15)25-19)20(27)29-5/h8-9H,6-7,10H2,1-5H3,(H,24,25). The van der Waals surface area contributed by atoms with Crippen LogP contribution in [-0.4, -0.2) is 46.2 Å². The normalized spacial score (nSPS) is 13.9. The van der Waals surface area contributed by atoms with E-state index in [0.717, 1.165) is 27.8 Å². The Morgan fingerprint density at radius 2 is 2.03 bits per heavy atom. The van der Waals surface area contributed by atoms with Gasteiger partial charge in [0.2, 0.25) is 0 Å². The van der Waals surface area contributed by atoms with Crippen LogP contribution < -0.4 is 0 Å². The highest BCUT2D eigenvalue weighted by Crippen LogP contribution is 2.39. The number of ether oxygens (including phenoxy) is 2. The van der Waals surface area contributed by atoms with Gasteiger partial charge in [-0.05, 0) is 57.4 Å². The van der Waals surface area contributed by atoms with Crippen molar-refractivity contribution in [2.75, 3.05) is 13.7 Å². The second-order valence-electron chi connectivity index (χ2n) is 8.54. The van der Waals surface area contributed by atoms with E-state index in [9.17, 15) is 14.0 Å². The van der Waals surface area contributed by atoms with Gasteiger partial charge in [-0.1, -0.05) is 0 Å². The van der Waals surface area contributed by atoms with Crippen LogP contribution in [0.4, 0.5) is 9.18 Å². The SMILES string of the molecule is COC(=O)c1cc(F)cc2[nH]c(-c3sc4c(c3C)CCN(C(=O)OC(C)(C)C)C4)nc12. The number of carbonyl (C=O) groups excluding carboxylic acids is 2. The van der Waals surface area contributed by atoms with Crippen molar-refractivity contribution in [1.29, 1.82) is 0 Å². The molecule has 2 aromatic heterocycles. The molecule has 0 aliphatic carbocycles. The van der Waals surface area contributed by atoms with Crippen LogP contribution in [0.15, 0.2) is 12.1 Å². The lowest BCUT2D eigenvalue weighted by Gasteiger charge is -2.30. The van der Waals surface area contributed by atoms with Gasteiger partial charge in [0.15, 0.2) is 0 Å². The van der Waals surface area contributed by atoms with Gasteiger partial charge < -0.3 is 19.4 Å². The number of halogens is 1. The maximum Gasteiger partial charge on any atom is 0.410 e. The summed E-state index contributed by atoms with van der Waals surface area (Å²) in [7, 11) is 1.25. The maximum absolute atomic E-state index is 14.0. The van der Waals surface area contributed by atoms with Crippen molar-refractivity contribution < 1.29 is 23.5 Å². The number of amides is 1. The van der Waals surface area contributed by atoms with Crippen LogP contribution >= 0.6 is 11.3 Å². The molecule has 1 N–H and O–H groups in total. The van der Waals surface area contributed by atoms with Gasteiger partial charge in [-0.3, -0.25) is 0 Å². The number of aromatic amines is 1. The molecule has 31 heavy (non-hydrogen) atoms. The summed E-state index contributed by atoms with van der Waals surface area (Å²) in [4.78, 5) is 35.9. The first-order valence-corrected chi connectivity index (χ1v) is 10.8. The van der Waals surface area contributed by atoms with Gasteiger partial charge in [0.1, 0.15) is 22.8 Å². The van der Waals surface area contributed by atoms with Crippen molar-refractivity contribution >= 4 is 34.4 Å². The van der Waals surface area contributed by atoms with Gasteiger partial charge in [-0.25, -0.2) is 19.0 Å². The van der Waals surface area contributed by atoms with Gasteiger partial charge in [-0.15, -0.1) is 11.3 Å². The molecule has 0 saturated heterocycles. The summed E-state index contributed by atoms with van der Waals surface area (Å²) in [6.07, 6.45) is 0.395. The molecule has 0 radical (unpaired) electrons. The summed E-state index contributed by atoms with van der Waals surface area (Å²) in [5, 5.41) is 0. The highest BCUT2D eigenvalue weighted by atomic mass is 32.1. The number of thiophene rings is 1. The van der Waals surface area contributed by atoms with Crippen LogP contribution in [0.2, 0.25) is 0 Å². The molecule has 0 spiro atoms. The van der Waals surface area contributed by atoms with E-state index in [-0.39, 0.29) is 11.7 Å². The zero-order valence-electron chi connectivity index (χ0n) is 18.1. The van der Waals surface area contributed by atoms with Crippen LogP contribution in [0, 0.1) is 12.7 Å². The Balaban J connectivity index is 1.69. The van der Waals surface area contributed by atoms with Gasteiger partial charge in [0, 0.05) is 11.4 Å². The fourth-order valence-electron chi connectivity index (χ4n) is 3.72. The van der Waals surface area contributed by atoms with E-state index >= 15 is 0 Å². The van der Waals surface area contributed by atoms with E-state index in [2.05, 4.69) is 9.97 Å². The minimum atomic E-state index is -0.641. The Hall–Kier alpha value is -2.94. The molecule has 0 fully saturated rings. The Kier molecular flexibility index (Phi) is 5.25. The second kappa shape index (κ2) is 7.64. The predicted molar refractivity (Wildman–Crippen MR) is 116 cm³/mol. The molecule has 1 aliphatic heterocycles. The number of rotatable bonds is 2. The molecule has 0 atom stereocenters. The molecule has 0 saturated carbocycles. The number of nitrogens with one attached hydrogen (secondary N) is 1. The first kappa shape index (κ1) is 21.3. The highest BCUT2D eigenvalue weighted by Gasteiger charge is 2.29. The van der Waals surface area contributed by atoms with Crippen LogP contribution in [0.3, 0.4) is 0 Å². The largest absolute Gasteiger partial charge is 0.465 e. The zero-order chi connectivity index (χ0) is 22.5. The van der Waals surface area contributed by atoms with Crippen molar-refractivity contribution in [2.24, 2.45) is 0 Å². The lowest BCUT2D eigenvalue weighted by Crippen LogP contribution is -2.39. The van der Waals surface area contributed by atoms with Crippen LogP contribution in [0.1, 0.15) is 47.1 Å². The summed E-state index contributed by atoms with van der Waals surface area (Å²) in [6.45, 7) is 8.61. The number of hydrogen-bond donors (Lipinski definition) is 1. The van der Waals surface area contributed by atoms with E-state index in [1.165, 1.54) is 18.7 Å². The third-order valence-electron chi connectivity index (χ3n) is 5.14. The minimum absolute atomic E-state index is 0.0788. The van der Waals surface area contributed by atoms with E-state index in [1.807, 2.05) is 27.7 Å². The molecule has 0 bridgehead atoms. The molecule has 3 aromatic rings. The molecule has 3 heterocycles. The summed E-state index contributed by atoms with van der Waals surface area (Å²) in [6, 6.07) is 2.44. The number of methoxy groups -OCH3 is 1. The number of H-pyrrole nitrogens is 1. The summed E-state index contributed by atoms with van der Waals surface area (Å²) in [5.41, 5.74) is 2.59. The molecule has 1 amide bonds. The van der Waals surface area contributed by atoms with Gasteiger partial charge in [-0.2, -0.15) is 0 Å². The number of fused-ring (bicyclic) bond motifs is 2. The third-order valence-corrected chi connectivity index (χ3v) is 6.47. The molecular weight excluding hydrogens is 421 g/mol. The lowest BCUT2D eigenvalue weighted by molar-refractivity contribution is 0.0226. The molecular formula is C22H24FN3O4S.